The molecule has 0 unspecified atom stereocenters. The lowest BCUT2D eigenvalue weighted by Crippen LogP contribution is -2.22. The van der Waals surface area contributed by atoms with Crippen LogP contribution in [-0.2, 0) is 0 Å². The zero-order chi connectivity index (χ0) is 18.8. The Hall–Kier alpha value is -1.86. The molecule has 0 aromatic carbocycles. The summed E-state index contributed by atoms with van der Waals surface area (Å²) in [6.45, 7) is 4.14. The Labute approximate surface area is 152 Å². The Morgan fingerprint density at radius 3 is 2.24 bits per heavy atom. The molecular weight excluding hydrogens is 312 g/mol. The minimum Gasteiger partial charge on any atom is -0.390 e. The van der Waals surface area contributed by atoms with Gasteiger partial charge in [0.15, 0.2) is 0 Å². The van der Waals surface area contributed by atoms with E-state index in [-0.39, 0.29) is 0 Å². The SMILES string of the molecule is CC/C=C\C[C@H](O)[C@H](O)/C=C/C=C/C#C/C=C/[C@@H](O)C/C=C\CCC. The molecule has 0 amide bonds. The van der Waals surface area contributed by atoms with E-state index in [1.807, 2.05) is 25.2 Å². The summed E-state index contributed by atoms with van der Waals surface area (Å²) >= 11 is 0. The van der Waals surface area contributed by atoms with Gasteiger partial charge in [-0.15, -0.1) is 0 Å². The number of hydrogen-bond acceptors (Lipinski definition) is 3. The van der Waals surface area contributed by atoms with Gasteiger partial charge in [0.2, 0.25) is 0 Å². The molecule has 0 bridgehead atoms. The summed E-state index contributed by atoms with van der Waals surface area (Å²) in [5, 5.41) is 29.1. The number of aliphatic hydroxyl groups is 3. The molecule has 0 aromatic heterocycles. The molecule has 0 aromatic rings. The van der Waals surface area contributed by atoms with Crippen molar-refractivity contribution in [1.82, 2.24) is 0 Å². The van der Waals surface area contributed by atoms with Crippen molar-refractivity contribution in [2.75, 3.05) is 0 Å². The van der Waals surface area contributed by atoms with Crippen molar-refractivity contribution in [2.24, 2.45) is 0 Å². The van der Waals surface area contributed by atoms with E-state index >= 15 is 0 Å². The average Bonchev–Trinajstić information content (AvgIpc) is 2.60. The fourth-order valence-corrected chi connectivity index (χ4v) is 1.81. The molecule has 0 aliphatic carbocycles. The highest BCUT2D eigenvalue weighted by atomic mass is 16.3. The van der Waals surface area contributed by atoms with Gasteiger partial charge in [-0.2, -0.15) is 0 Å². The average molecular weight is 344 g/mol. The molecule has 0 fully saturated rings. The lowest BCUT2D eigenvalue weighted by atomic mass is 10.1. The first kappa shape index (κ1) is 23.1. The van der Waals surface area contributed by atoms with E-state index in [9.17, 15) is 15.3 Å². The summed E-state index contributed by atoms with van der Waals surface area (Å²) in [5.74, 6) is 5.62. The molecule has 0 rings (SSSR count). The molecule has 25 heavy (non-hydrogen) atoms. The van der Waals surface area contributed by atoms with E-state index in [1.165, 1.54) is 6.08 Å². The number of aliphatic hydroxyl groups excluding tert-OH is 3. The minimum atomic E-state index is -0.894. The zero-order valence-corrected chi connectivity index (χ0v) is 15.4. The minimum absolute atomic E-state index is 0.434. The third-order valence-corrected chi connectivity index (χ3v) is 3.26. The van der Waals surface area contributed by atoms with Gasteiger partial charge in [0.05, 0.1) is 18.3 Å². The topological polar surface area (TPSA) is 60.7 Å². The maximum Gasteiger partial charge on any atom is 0.0986 e. The van der Waals surface area contributed by atoms with Crippen molar-refractivity contribution in [2.45, 2.75) is 64.3 Å². The van der Waals surface area contributed by atoms with Gasteiger partial charge in [0.1, 0.15) is 0 Å². The van der Waals surface area contributed by atoms with Crippen LogP contribution in [0.5, 0.6) is 0 Å². The van der Waals surface area contributed by atoms with Gasteiger partial charge in [-0.1, -0.05) is 74.6 Å². The molecule has 3 nitrogen and oxygen atoms in total. The second kappa shape index (κ2) is 17.0. The summed E-state index contributed by atoms with van der Waals surface area (Å²) in [4.78, 5) is 0. The predicted molar refractivity (Wildman–Crippen MR) is 106 cm³/mol. The lowest BCUT2D eigenvalue weighted by Gasteiger charge is -2.11. The Bertz CT molecular complexity index is 515. The van der Waals surface area contributed by atoms with E-state index < -0.39 is 18.3 Å². The van der Waals surface area contributed by atoms with Crippen molar-refractivity contribution in [3.05, 3.63) is 60.8 Å². The first-order chi connectivity index (χ1) is 12.1. The van der Waals surface area contributed by atoms with Crippen molar-refractivity contribution >= 4 is 0 Å². The van der Waals surface area contributed by atoms with E-state index in [4.69, 9.17) is 0 Å². The summed E-state index contributed by atoms with van der Waals surface area (Å²) in [6.07, 6.45) is 19.6. The van der Waals surface area contributed by atoms with Crippen LogP contribution in [0.4, 0.5) is 0 Å². The Morgan fingerprint density at radius 1 is 0.800 bits per heavy atom. The normalized spacial score (nSPS) is 16.2. The predicted octanol–water partition coefficient (Wildman–Crippen LogP) is 3.84. The molecule has 3 heteroatoms. The van der Waals surface area contributed by atoms with Crippen LogP contribution in [0, 0.1) is 11.8 Å². The fourth-order valence-electron chi connectivity index (χ4n) is 1.81. The first-order valence-corrected chi connectivity index (χ1v) is 8.97. The van der Waals surface area contributed by atoms with Crippen molar-refractivity contribution < 1.29 is 15.3 Å². The second-order valence-electron chi connectivity index (χ2n) is 5.63. The number of hydrogen-bond donors (Lipinski definition) is 3. The van der Waals surface area contributed by atoms with Crippen LogP contribution in [-0.4, -0.2) is 33.6 Å². The molecule has 0 radical (unpaired) electrons. The highest BCUT2D eigenvalue weighted by Gasteiger charge is 2.10. The van der Waals surface area contributed by atoms with Gasteiger partial charge in [0, 0.05) is 0 Å². The molecule has 3 N–H and O–H groups in total. The highest BCUT2D eigenvalue weighted by Crippen LogP contribution is 2.02. The van der Waals surface area contributed by atoms with Gasteiger partial charge in [-0.25, -0.2) is 0 Å². The van der Waals surface area contributed by atoms with Crippen LogP contribution in [0.15, 0.2) is 60.8 Å². The van der Waals surface area contributed by atoms with Crippen molar-refractivity contribution in [3.63, 3.8) is 0 Å². The van der Waals surface area contributed by atoms with Crippen molar-refractivity contribution in [1.29, 1.82) is 0 Å². The third-order valence-electron chi connectivity index (χ3n) is 3.26. The quantitative estimate of drug-likeness (QED) is 0.303. The maximum atomic E-state index is 9.74. The summed E-state index contributed by atoms with van der Waals surface area (Å²) in [7, 11) is 0. The van der Waals surface area contributed by atoms with E-state index in [0.29, 0.717) is 12.8 Å². The van der Waals surface area contributed by atoms with Crippen LogP contribution in [0.1, 0.15) is 46.0 Å². The second-order valence-corrected chi connectivity index (χ2v) is 5.63. The summed E-state index contributed by atoms with van der Waals surface area (Å²) < 4.78 is 0. The fraction of sp³-hybridized carbons (Fsp3) is 0.455. The van der Waals surface area contributed by atoms with Crippen LogP contribution < -0.4 is 0 Å². The number of rotatable bonds is 11. The Kier molecular flexibility index (Phi) is 15.7. The van der Waals surface area contributed by atoms with E-state index in [2.05, 4.69) is 24.8 Å². The molecule has 0 aliphatic heterocycles. The van der Waals surface area contributed by atoms with Gasteiger partial charge < -0.3 is 15.3 Å². The molecular formula is C22H32O3. The van der Waals surface area contributed by atoms with Crippen LogP contribution >= 0.6 is 0 Å². The Morgan fingerprint density at radius 2 is 1.52 bits per heavy atom. The van der Waals surface area contributed by atoms with Crippen molar-refractivity contribution in [3.8, 4) is 11.8 Å². The monoisotopic (exact) mass is 344 g/mol. The molecule has 0 saturated heterocycles. The standard InChI is InChI=1S/C22H32O3/c1-3-5-7-13-16-20(23)17-14-10-8-9-11-15-19-22(25)21(24)18-12-6-4-2/h6-7,9,11-15,17,19-25H,3-5,16,18H2,1-2H3/b11-9+,12-6-,13-7-,17-14+,19-15+/t20-,21-,22+/m0/s1. The molecule has 3 atom stereocenters. The van der Waals surface area contributed by atoms with Gasteiger partial charge >= 0.3 is 0 Å². The van der Waals surface area contributed by atoms with Crippen LogP contribution in [0.3, 0.4) is 0 Å². The maximum absolute atomic E-state index is 9.74. The number of allylic oxidation sites excluding steroid dienone is 6. The zero-order valence-electron chi connectivity index (χ0n) is 15.4. The van der Waals surface area contributed by atoms with Gasteiger partial charge in [-0.05, 0) is 43.9 Å². The highest BCUT2D eigenvalue weighted by molar-refractivity contribution is 5.26. The third kappa shape index (κ3) is 15.4. The first-order valence-electron chi connectivity index (χ1n) is 8.97. The smallest absolute Gasteiger partial charge is 0.0986 e. The van der Waals surface area contributed by atoms with Gasteiger partial charge in [0.25, 0.3) is 0 Å². The molecule has 0 aliphatic rings. The summed E-state index contributed by atoms with van der Waals surface area (Å²) in [5.41, 5.74) is 0. The largest absolute Gasteiger partial charge is 0.390 e. The Balaban J connectivity index is 4.09. The van der Waals surface area contributed by atoms with Crippen LogP contribution in [0.2, 0.25) is 0 Å². The molecule has 138 valence electrons. The van der Waals surface area contributed by atoms with E-state index in [1.54, 1.807) is 30.4 Å². The summed E-state index contributed by atoms with van der Waals surface area (Å²) in [6, 6.07) is 0. The molecule has 0 saturated carbocycles. The lowest BCUT2D eigenvalue weighted by molar-refractivity contribution is 0.0511. The van der Waals surface area contributed by atoms with Crippen LogP contribution in [0.25, 0.3) is 0 Å². The molecule has 0 spiro atoms. The van der Waals surface area contributed by atoms with E-state index in [0.717, 1.165) is 19.3 Å². The number of unbranched alkanes of at least 4 members (excludes halogenated alkanes) is 1. The molecule has 0 heterocycles. The van der Waals surface area contributed by atoms with Gasteiger partial charge in [-0.3, -0.25) is 0 Å².